The first-order valence-corrected chi connectivity index (χ1v) is 7.92. The number of fused-ring (bicyclic) bond motifs is 1. The van der Waals surface area contributed by atoms with Crippen LogP contribution in [0.5, 0.6) is 0 Å². The molecular formula is C14H22BrN3O2. The molecule has 1 N–H and O–H groups in total. The summed E-state index contributed by atoms with van der Waals surface area (Å²) in [6.45, 7) is 9.19. The van der Waals surface area contributed by atoms with Crippen LogP contribution in [0, 0.1) is 11.8 Å². The quantitative estimate of drug-likeness (QED) is 0.853. The Morgan fingerprint density at radius 3 is 2.90 bits per heavy atom. The molecule has 1 aliphatic heterocycles. The van der Waals surface area contributed by atoms with Crippen molar-refractivity contribution < 1.29 is 9.53 Å². The number of ether oxygens (including phenoxy) is 1. The minimum atomic E-state index is -0.193. The van der Waals surface area contributed by atoms with Crippen molar-refractivity contribution in [2.75, 3.05) is 18.5 Å². The number of anilines is 1. The van der Waals surface area contributed by atoms with Crippen molar-refractivity contribution >= 4 is 27.7 Å². The summed E-state index contributed by atoms with van der Waals surface area (Å²) in [6.07, 6.45) is 0.916. The fourth-order valence-corrected chi connectivity index (χ4v) is 3.07. The van der Waals surface area contributed by atoms with Crippen LogP contribution in [0.25, 0.3) is 0 Å². The molecule has 1 aromatic rings. The molecule has 5 nitrogen and oxygen atoms in total. The lowest BCUT2D eigenvalue weighted by molar-refractivity contribution is -0.149. The van der Waals surface area contributed by atoms with E-state index in [-0.39, 0.29) is 17.9 Å². The van der Waals surface area contributed by atoms with Gasteiger partial charge in [0.25, 0.3) is 0 Å². The molecule has 6 heteroatoms. The van der Waals surface area contributed by atoms with E-state index in [1.807, 2.05) is 18.5 Å². The second-order valence-electron chi connectivity index (χ2n) is 5.63. The molecule has 112 valence electrons. The molecule has 2 heterocycles. The zero-order valence-corrected chi connectivity index (χ0v) is 14.0. The van der Waals surface area contributed by atoms with E-state index in [1.54, 1.807) is 0 Å². The summed E-state index contributed by atoms with van der Waals surface area (Å²) >= 11 is 3.62. The number of aromatic nitrogens is 2. The molecule has 20 heavy (non-hydrogen) atoms. The molecule has 0 amide bonds. The van der Waals surface area contributed by atoms with E-state index >= 15 is 0 Å². The number of hydrogen-bond donors (Lipinski definition) is 1. The molecule has 2 unspecified atom stereocenters. The van der Waals surface area contributed by atoms with Crippen molar-refractivity contribution in [1.82, 2.24) is 9.78 Å². The van der Waals surface area contributed by atoms with E-state index in [2.05, 4.69) is 40.2 Å². The average molecular weight is 344 g/mol. The summed E-state index contributed by atoms with van der Waals surface area (Å²) < 4.78 is 8.06. The SMILES string of the molecule is CCOC(=O)C1CNc2c(Br)c(CC(C)C)nn2C1C. The number of hydrogen-bond acceptors (Lipinski definition) is 4. The third-order valence-electron chi connectivity index (χ3n) is 3.57. The van der Waals surface area contributed by atoms with Crippen LogP contribution in [0.15, 0.2) is 4.47 Å². The number of halogens is 1. The summed E-state index contributed by atoms with van der Waals surface area (Å²) in [5, 5.41) is 7.96. The van der Waals surface area contributed by atoms with E-state index in [4.69, 9.17) is 4.74 Å². The zero-order chi connectivity index (χ0) is 14.9. The van der Waals surface area contributed by atoms with Crippen LogP contribution in [0.2, 0.25) is 0 Å². The Morgan fingerprint density at radius 2 is 2.30 bits per heavy atom. The lowest BCUT2D eigenvalue weighted by Gasteiger charge is -2.29. The Labute approximate surface area is 128 Å². The lowest BCUT2D eigenvalue weighted by atomic mass is 10.00. The normalized spacial score (nSPS) is 21.5. The summed E-state index contributed by atoms with van der Waals surface area (Å²) in [7, 11) is 0. The van der Waals surface area contributed by atoms with E-state index in [9.17, 15) is 4.79 Å². The van der Waals surface area contributed by atoms with Gasteiger partial charge in [0, 0.05) is 6.54 Å². The standard InChI is InChI=1S/C14H22BrN3O2/c1-5-20-14(19)10-7-16-13-12(15)11(6-8(2)3)17-18(13)9(10)4/h8-10,16H,5-7H2,1-4H3. The highest BCUT2D eigenvalue weighted by Gasteiger charge is 2.35. The third-order valence-corrected chi connectivity index (χ3v) is 4.40. The maximum absolute atomic E-state index is 12.0. The molecule has 0 aromatic carbocycles. The van der Waals surface area contributed by atoms with Crippen molar-refractivity contribution in [3.8, 4) is 0 Å². The van der Waals surface area contributed by atoms with Crippen LogP contribution < -0.4 is 5.32 Å². The Morgan fingerprint density at radius 1 is 1.60 bits per heavy atom. The highest BCUT2D eigenvalue weighted by atomic mass is 79.9. The van der Waals surface area contributed by atoms with Gasteiger partial charge in [-0.2, -0.15) is 5.10 Å². The molecular weight excluding hydrogens is 322 g/mol. The van der Waals surface area contributed by atoms with E-state index < -0.39 is 0 Å². The van der Waals surface area contributed by atoms with Gasteiger partial charge >= 0.3 is 5.97 Å². The molecule has 0 spiro atoms. The Bertz CT molecular complexity index is 499. The fourth-order valence-electron chi connectivity index (χ4n) is 2.51. The lowest BCUT2D eigenvalue weighted by Crippen LogP contribution is -2.37. The molecule has 0 bridgehead atoms. The van der Waals surface area contributed by atoms with Crippen LogP contribution >= 0.6 is 15.9 Å². The number of esters is 1. The van der Waals surface area contributed by atoms with Crippen molar-refractivity contribution in [1.29, 1.82) is 0 Å². The molecule has 1 aromatic heterocycles. The fraction of sp³-hybridized carbons (Fsp3) is 0.714. The molecule has 2 rings (SSSR count). The monoisotopic (exact) mass is 343 g/mol. The van der Waals surface area contributed by atoms with Crippen LogP contribution in [-0.4, -0.2) is 28.9 Å². The second-order valence-corrected chi connectivity index (χ2v) is 6.42. The van der Waals surface area contributed by atoms with Gasteiger partial charge in [-0.25, -0.2) is 4.68 Å². The molecule has 0 saturated heterocycles. The molecule has 0 fully saturated rings. The van der Waals surface area contributed by atoms with Crippen molar-refractivity contribution in [3.63, 3.8) is 0 Å². The van der Waals surface area contributed by atoms with E-state index in [0.29, 0.717) is 19.1 Å². The van der Waals surface area contributed by atoms with Crippen LogP contribution in [0.1, 0.15) is 39.4 Å². The number of carbonyl (C=O) groups excluding carboxylic acids is 1. The van der Waals surface area contributed by atoms with Gasteiger partial charge < -0.3 is 10.1 Å². The van der Waals surface area contributed by atoms with Gasteiger partial charge in [0.1, 0.15) is 5.82 Å². The van der Waals surface area contributed by atoms with Crippen molar-refractivity contribution in [2.24, 2.45) is 11.8 Å². The predicted molar refractivity (Wildman–Crippen MR) is 81.8 cm³/mol. The predicted octanol–water partition coefficient (Wildman–Crippen LogP) is 3.01. The molecule has 0 aliphatic carbocycles. The summed E-state index contributed by atoms with van der Waals surface area (Å²) in [5.41, 5.74) is 1.04. The van der Waals surface area contributed by atoms with Crippen molar-refractivity contribution in [2.45, 2.75) is 40.2 Å². The average Bonchev–Trinajstić information content (AvgIpc) is 2.68. The zero-order valence-electron chi connectivity index (χ0n) is 12.4. The summed E-state index contributed by atoms with van der Waals surface area (Å²) in [5.74, 6) is 1.16. The smallest absolute Gasteiger partial charge is 0.312 e. The van der Waals surface area contributed by atoms with E-state index in [1.165, 1.54) is 0 Å². The van der Waals surface area contributed by atoms with Crippen LogP contribution in [0.4, 0.5) is 5.82 Å². The van der Waals surface area contributed by atoms with Gasteiger partial charge in [-0.1, -0.05) is 13.8 Å². The third kappa shape index (κ3) is 2.85. The number of nitrogens with one attached hydrogen (secondary N) is 1. The minimum Gasteiger partial charge on any atom is -0.466 e. The number of carbonyl (C=O) groups is 1. The first-order chi connectivity index (χ1) is 9.45. The first kappa shape index (κ1) is 15.4. The Hall–Kier alpha value is -1.04. The largest absolute Gasteiger partial charge is 0.466 e. The summed E-state index contributed by atoms with van der Waals surface area (Å²) in [6, 6.07) is 0.00233. The Balaban J connectivity index is 2.26. The molecule has 0 radical (unpaired) electrons. The van der Waals surface area contributed by atoms with Crippen LogP contribution in [-0.2, 0) is 16.0 Å². The van der Waals surface area contributed by atoms with Gasteiger partial charge in [-0.15, -0.1) is 0 Å². The Kier molecular flexibility index (Phi) is 4.73. The molecule has 2 atom stereocenters. The maximum Gasteiger partial charge on any atom is 0.312 e. The van der Waals surface area contributed by atoms with Gasteiger partial charge in [0.05, 0.1) is 28.7 Å². The summed E-state index contributed by atoms with van der Waals surface area (Å²) in [4.78, 5) is 12.0. The van der Waals surface area contributed by atoms with Gasteiger partial charge in [0.2, 0.25) is 0 Å². The molecule has 0 saturated carbocycles. The second kappa shape index (κ2) is 6.16. The maximum atomic E-state index is 12.0. The minimum absolute atomic E-state index is 0.00233. The van der Waals surface area contributed by atoms with Crippen molar-refractivity contribution in [3.05, 3.63) is 10.2 Å². The van der Waals surface area contributed by atoms with Gasteiger partial charge in [-0.05, 0) is 42.1 Å². The molecule has 1 aliphatic rings. The van der Waals surface area contributed by atoms with Gasteiger partial charge in [-0.3, -0.25) is 4.79 Å². The highest BCUT2D eigenvalue weighted by Crippen LogP contribution is 2.36. The van der Waals surface area contributed by atoms with E-state index in [0.717, 1.165) is 22.4 Å². The van der Waals surface area contributed by atoms with Crippen LogP contribution in [0.3, 0.4) is 0 Å². The number of nitrogens with zero attached hydrogens (tertiary/aromatic N) is 2. The number of rotatable bonds is 4. The van der Waals surface area contributed by atoms with Gasteiger partial charge in [0.15, 0.2) is 0 Å². The highest BCUT2D eigenvalue weighted by molar-refractivity contribution is 9.10. The first-order valence-electron chi connectivity index (χ1n) is 7.13. The topological polar surface area (TPSA) is 56.1 Å².